The minimum Gasteiger partial charge on any atom is -0.473 e. The summed E-state index contributed by atoms with van der Waals surface area (Å²) in [5.74, 6) is -0.120. The van der Waals surface area contributed by atoms with Gasteiger partial charge in [0.2, 0.25) is 5.88 Å². The number of likely N-dealkylation sites (N-methyl/N-ethyl adjacent to an activating group) is 1. The zero-order valence-electron chi connectivity index (χ0n) is 19.6. The number of fused-ring (bicyclic) bond motifs is 3. The molecule has 1 N–H and O–H groups in total. The SMILES string of the molecule is CN1CC[C@H](Oc2cc(NC(=O)N3CC(C)(C(F)(F)F)c4c3cnc3cc(Cl)nn43)cc(C(F)F)n2)C1. The molecule has 5 heterocycles. The number of amides is 2. The number of anilines is 2. The van der Waals surface area contributed by atoms with Gasteiger partial charge in [0, 0.05) is 37.5 Å². The summed E-state index contributed by atoms with van der Waals surface area (Å²) in [7, 11) is 1.89. The Kier molecular flexibility index (Phi) is 6.14. The van der Waals surface area contributed by atoms with Crippen molar-refractivity contribution < 1.29 is 31.5 Å². The number of hydrogen-bond donors (Lipinski definition) is 1. The maximum Gasteiger partial charge on any atom is 0.401 e. The van der Waals surface area contributed by atoms with E-state index in [1.807, 2.05) is 11.9 Å². The zero-order valence-corrected chi connectivity index (χ0v) is 20.3. The van der Waals surface area contributed by atoms with E-state index in [2.05, 4.69) is 20.4 Å². The van der Waals surface area contributed by atoms with E-state index in [1.165, 1.54) is 12.1 Å². The van der Waals surface area contributed by atoms with E-state index in [9.17, 15) is 26.7 Å². The average molecular weight is 546 g/mol. The van der Waals surface area contributed by atoms with Crippen LogP contribution in [0.2, 0.25) is 5.15 Å². The number of halogens is 6. The summed E-state index contributed by atoms with van der Waals surface area (Å²) < 4.78 is 76.6. The molecule has 2 aliphatic heterocycles. The summed E-state index contributed by atoms with van der Waals surface area (Å²) in [6.07, 6.45) is -6.21. The molecule has 37 heavy (non-hydrogen) atoms. The van der Waals surface area contributed by atoms with Gasteiger partial charge < -0.3 is 15.0 Å². The molecular formula is C22H21ClF5N7O2. The summed E-state index contributed by atoms with van der Waals surface area (Å²) in [6, 6.07) is 2.53. The molecule has 3 aromatic heterocycles. The van der Waals surface area contributed by atoms with Gasteiger partial charge in [-0.05, 0) is 26.5 Å². The Morgan fingerprint density at radius 1 is 1.30 bits per heavy atom. The van der Waals surface area contributed by atoms with Crippen LogP contribution in [0, 0.1) is 0 Å². The van der Waals surface area contributed by atoms with Crippen LogP contribution in [0.4, 0.5) is 38.1 Å². The van der Waals surface area contributed by atoms with Gasteiger partial charge in [-0.25, -0.2) is 28.1 Å². The van der Waals surface area contributed by atoms with E-state index in [0.717, 1.165) is 35.1 Å². The van der Waals surface area contributed by atoms with Crippen LogP contribution in [0.3, 0.4) is 0 Å². The lowest BCUT2D eigenvalue weighted by Crippen LogP contribution is -2.46. The number of urea groups is 1. The fraction of sp³-hybridized carbons (Fsp3) is 0.455. The number of carbonyl (C=O) groups is 1. The zero-order chi connectivity index (χ0) is 26.7. The first kappa shape index (κ1) is 25.4. The molecule has 9 nitrogen and oxygen atoms in total. The summed E-state index contributed by atoms with van der Waals surface area (Å²) in [5.41, 5.74) is -3.63. The molecule has 1 fully saturated rings. The molecule has 198 valence electrons. The summed E-state index contributed by atoms with van der Waals surface area (Å²) in [5, 5.41) is 6.26. The average Bonchev–Trinajstić information content (AvgIpc) is 3.47. The van der Waals surface area contributed by atoms with Crippen molar-refractivity contribution in [2.24, 2.45) is 0 Å². The van der Waals surface area contributed by atoms with E-state index in [1.54, 1.807) is 0 Å². The third kappa shape index (κ3) is 4.52. The molecule has 0 radical (unpaired) electrons. The number of nitrogens with one attached hydrogen (secondary N) is 1. The van der Waals surface area contributed by atoms with Gasteiger partial charge in [0.05, 0.1) is 17.6 Å². The second-order valence-corrected chi connectivity index (χ2v) is 9.67. The minimum absolute atomic E-state index is 0.0642. The molecule has 0 aromatic carbocycles. The van der Waals surface area contributed by atoms with Crippen molar-refractivity contribution >= 4 is 34.7 Å². The number of hydrogen-bond acceptors (Lipinski definition) is 6. The van der Waals surface area contributed by atoms with Gasteiger partial charge in [-0.2, -0.15) is 18.3 Å². The number of ether oxygens (including phenoxy) is 1. The van der Waals surface area contributed by atoms with Crippen LogP contribution in [0.25, 0.3) is 5.65 Å². The predicted octanol–water partition coefficient (Wildman–Crippen LogP) is 4.67. The van der Waals surface area contributed by atoms with Gasteiger partial charge in [-0.15, -0.1) is 0 Å². The first-order valence-electron chi connectivity index (χ1n) is 11.2. The van der Waals surface area contributed by atoms with Crippen LogP contribution >= 0.6 is 11.6 Å². The van der Waals surface area contributed by atoms with Gasteiger partial charge in [0.15, 0.2) is 10.8 Å². The van der Waals surface area contributed by atoms with Gasteiger partial charge in [-0.1, -0.05) is 11.6 Å². The molecule has 15 heteroatoms. The molecular weight excluding hydrogens is 525 g/mol. The van der Waals surface area contributed by atoms with E-state index >= 15 is 0 Å². The van der Waals surface area contributed by atoms with Crippen LogP contribution in [-0.4, -0.2) is 69.5 Å². The van der Waals surface area contributed by atoms with Crippen molar-refractivity contribution in [3.05, 3.63) is 40.9 Å². The predicted molar refractivity (Wildman–Crippen MR) is 123 cm³/mol. The third-order valence-corrected chi connectivity index (χ3v) is 6.71. The number of rotatable bonds is 4. The second-order valence-electron chi connectivity index (χ2n) is 9.29. The Hall–Kier alpha value is -3.26. The van der Waals surface area contributed by atoms with Crippen LogP contribution in [0.5, 0.6) is 5.88 Å². The highest BCUT2D eigenvalue weighted by atomic mass is 35.5. The quantitative estimate of drug-likeness (QED) is 0.480. The standard InChI is InChI=1S/C22H21ClF5N7O2/c1-21(22(26,27)28)10-34(14-8-29-16-7-15(23)32-35(16)18(14)21)20(36)30-11-5-13(19(24)25)31-17(6-11)37-12-3-4-33(2)9-12/h5-8,12,19H,3-4,9-10H2,1-2H3,(H,30,31,36)/t12-,21?/m0/s1. The fourth-order valence-electron chi connectivity index (χ4n) is 4.61. The molecule has 2 amide bonds. The highest BCUT2D eigenvalue weighted by molar-refractivity contribution is 6.29. The Morgan fingerprint density at radius 2 is 2.05 bits per heavy atom. The fourth-order valence-corrected chi connectivity index (χ4v) is 4.79. The van der Waals surface area contributed by atoms with Crippen LogP contribution < -0.4 is 15.0 Å². The highest BCUT2D eigenvalue weighted by Crippen LogP contribution is 2.50. The van der Waals surface area contributed by atoms with Crippen LogP contribution in [0.1, 0.15) is 31.2 Å². The van der Waals surface area contributed by atoms with Crippen molar-refractivity contribution in [3.8, 4) is 5.88 Å². The molecule has 3 aromatic rings. The van der Waals surface area contributed by atoms with Crippen molar-refractivity contribution in [1.82, 2.24) is 24.5 Å². The molecule has 0 saturated carbocycles. The van der Waals surface area contributed by atoms with Crippen molar-refractivity contribution in [1.29, 1.82) is 0 Å². The largest absolute Gasteiger partial charge is 0.473 e. The Morgan fingerprint density at radius 3 is 2.70 bits per heavy atom. The lowest BCUT2D eigenvalue weighted by atomic mass is 9.88. The normalized spacial score (nSPS) is 22.2. The monoisotopic (exact) mass is 545 g/mol. The molecule has 0 spiro atoms. The van der Waals surface area contributed by atoms with Crippen LogP contribution in [-0.2, 0) is 5.41 Å². The lowest BCUT2D eigenvalue weighted by molar-refractivity contribution is -0.181. The van der Waals surface area contributed by atoms with Crippen molar-refractivity contribution in [3.63, 3.8) is 0 Å². The molecule has 1 unspecified atom stereocenters. The number of nitrogens with zero attached hydrogens (tertiary/aromatic N) is 6. The van der Waals surface area contributed by atoms with Gasteiger partial charge in [0.25, 0.3) is 6.43 Å². The summed E-state index contributed by atoms with van der Waals surface area (Å²) >= 11 is 5.89. The maximum atomic E-state index is 14.3. The maximum absolute atomic E-state index is 14.3. The van der Waals surface area contributed by atoms with Crippen LogP contribution in [0.15, 0.2) is 24.4 Å². The number of alkyl halides is 5. The molecule has 0 aliphatic carbocycles. The number of carbonyl (C=O) groups excluding carboxylic acids is 1. The molecule has 2 aliphatic rings. The highest BCUT2D eigenvalue weighted by Gasteiger charge is 2.60. The Balaban J connectivity index is 1.48. The van der Waals surface area contributed by atoms with E-state index in [4.69, 9.17) is 16.3 Å². The third-order valence-electron chi connectivity index (χ3n) is 6.52. The molecule has 5 rings (SSSR count). The minimum atomic E-state index is -4.77. The molecule has 2 atom stereocenters. The van der Waals surface area contributed by atoms with Gasteiger partial charge in [-0.3, -0.25) is 4.90 Å². The summed E-state index contributed by atoms with van der Waals surface area (Å²) in [4.78, 5) is 24.0. The lowest BCUT2D eigenvalue weighted by Gasteiger charge is -2.28. The van der Waals surface area contributed by atoms with Crippen molar-refractivity contribution in [2.75, 3.05) is 36.9 Å². The van der Waals surface area contributed by atoms with E-state index < -0.39 is 36.3 Å². The Bertz CT molecular complexity index is 1370. The number of aromatic nitrogens is 4. The van der Waals surface area contributed by atoms with Crippen molar-refractivity contribution in [2.45, 2.75) is 37.5 Å². The van der Waals surface area contributed by atoms with E-state index in [0.29, 0.717) is 13.0 Å². The van der Waals surface area contributed by atoms with Gasteiger partial charge in [0.1, 0.15) is 17.2 Å². The topological polar surface area (TPSA) is 87.9 Å². The summed E-state index contributed by atoms with van der Waals surface area (Å²) in [6.45, 7) is 1.49. The first-order valence-corrected chi connectivity index (χ1v) is 11.6. The number of likely N-dealkylation sites (tertiary alicyclic amines) is 1. The van der Waals surface area contributed by atoms with E-state index in [-0.39, 0.29) is 39.9 Å². The smallest absolute Gasteiger partial charge is 0.401 e. The number of pyridine rings is 1. The Labute approximate surface area is 212 Å². The first-order chi connectivity index (χ1) is 17.4. The second kappa shape index (κ2) is 8.94. The molecule has 1 saturated heterocycles. The molecule has 0 bridgehead atoms. The van der Waals surface area contributed by atoms with Gasteiger partial charge >= 0.3 is 12.2 Å².